The lowest BCUT2D eigenvalue weighted by Gasteiger charge is -2.20. The molecule has 0 fully saturated rings. The fourth-order valence-corrected chi connectivity index (χ4v) is 2.55. The molecule has 0 saturated heterocycles. The third-order valence-corrected chi connectivity index (χ3v) is 4.31. The first-order chi connectivity index (χ1) is 11.2. The summed E-state index contributed by atoms with van der Waals surface area (Å²) in [5, 5.41) is 6.47. The summed E-state index contributed by atoms with van der Waals surface area (Å²) in [6.07, 6.45) is 2.89. The lowest BCUT2D eigenvalue weighted by molar-refractivity contribution is -0.109. The molecule has 0 saturated carbocycles. The summed E-state index contributed by atoms with van der Waals surface area (Å²) < 4.78 is 0. The van der Waals surface area contributed by atoms with E-state index in [0.29, 0.717) is 5.92 Å². The van der Waals surface area contributed by atoms with Gasteiger partial charge in [-0.25, -0.2) is 0 Å². The third-order valence-electron chi connectivity index (χ3n) is 4.31. The molecule has 0 bridgehead atoms. The Kier molecular flexibility index (Phi) is 6.21. The largest absolute Gasteiger partial charge is 0.388 e. The Hall–Kier alpha value is -2.29. The second kappa shape index (κ2) is 8.37. The summed E-state index contributed by atoms with van der Waals surface area (Å²) in [4.78, 5) is 11.2. The second-order valence-electron chi connectivity index (χ2n) is 6.02. The minimum absolute atomic E-state index is 0.127. The molecule has 122 valence electrons. The predicted octanol–water partition coefficient (Wildman–Crippen LogP) is 4.34. The first-order valence-electron chi connectivity index (χ1n) is 8.23. The summed E-state index contributed by atoms with van der Waals surface area (Å²) in [5.41, 5.74) is 4.66. The second-order valence-corrected chi connectivity index (χ2v) is 6.02. The van der Waals surface area contributed by atoms with E-state index in [1.165, 1.54) is 11.1 Å². The smallest absolute Gasteiger partial charge is 0.142 e. The van der Waals surface area contributed by atoms with Gasteiger partial charge >= 0.3 is 0 Å². The Morgan fingerprint density at radius 1 is 1.04 bits per heavy atom. The van der Waals surface area contributed by atoms with E-state index in [-0.39, 0.29) is 6.04 Å². The van der Waals surface area contributed by atoms with Gasteiger partial charge in [-0.2, -0.15) is 0 Å². The predicted molar refractivity (Wildman–Crippen MR) is 98.2 cm³/mol. The van der Waals surface area contributed by atoms with Crippen LogP contribution in [0, 0.1) is 5.92 Å². The van der Waals surface area contributed by atoms with Gasteiger partial charge < -0.3 is 15.4 Å². The molecule has 2 atom stereocenters. The SMILES string of the molecule is CC[C@H](C)[C@@H](C=O)Nc1ccc(Cc2cccc(NC)c2)cc1. The molecule has 3 heteroatoms. The highest BCUT2D eigenvalue weighted by Gasteiger charge is 2.14. The number of hydrogen-bond donors (Lipinski definition) is 2. The summed E-state index contributed by atoms with van der Waals surface area (Å²) in [7, 11) is 1.93. The van der Waals surface area contributed by atoms with Gasteiger partial charge in [0, 0.05) is 18.4 Å². The van der Waals surface area contributed by atoms with Crippen LogP contribution >= 0.6 is 0 Å². The average Bonchev–Trinajstić information content (AvgIpc) is 2.60. The standard InChI is InChI=1S/C20H26N2O/c1-4-15(2)20(14-23)22-18-10-8-16(9-11-18)12-17-6-5-7-19(13-17)21-3/h5-11,13-15,20-22H,4,12H2,1-3H3/t15-,20+/m0/s1. The highest BCUT2D eigenvalue weighted by atomic mass is 16.1. The van der Waals surface area contributed by atoms with Crippen LogP contribution in [-0.4, -0.2) is 19.4 Å². The van der Waals surface area contributed by atoms with Crippen molar-refractivity contribution in [1.29, 1.82) is 0 Å². The molecule has 0 spiro atoms. The first kappa shape index (κ1) is 17.1. The molecule has 0 aliphatic heterocycles. The van der Waals surface area contributed by atoms with Crippen molar-refractivity contribution in [3.8, 4) is 0 Å². The molecule has 0 heterocycles. The number of anilines is 2. The maximum atomic E-state index is 11.2. The number of nitrogens with one attached hydrogen (secondary N) is 2. The van der Waals surface area contributed by atoms with Crippen molar-refractivity contribution in [2.45, 2.75) is 32.7 Å². The van der Waals surface area contributed by atoms with Crippen LogP contribution < -0.4 is 10.6 Å². The molecule has 0 unspecified atom stereocenters. The normalized spacial score (nSPS) is 13.2. The van der Waals surface area contributed by atoms with Crippen LogP contribution in [0.1, 0.15) is 31.4 Å². The van der Waals surface area contributed by atoms with Crippen molar-refractivity contribution >= 4 is 17.7 Å². The van der Waals surface area contributed by atoms with Crippen LogP contribution in [0.25, 0.3) is 0 Å². The van der Waals surface area contributed by atoms with Crippen molar-refractivity contribution < 1.29 is 4.79 Å². The fourth-order valence-electron chi connectivity index (χ4n) is 2.55. The van der Waals surface area contributed by atoms with Crippen LogP contribution in [-0.2, 0) is 11.2 Å². The van der Waals surface area contributed by atoms with Gasteiger partial charge in [0.1, 0.15) is 6.29 Å². The Labute approximate surface area is 139 Å². The zero-order valence-corrected chi connectivity index (χ0v) is 14.2. The highest BCUT2D eigenvalue weighted by molar-refractivity contribution is 5.65. The van der Waals surface area contributed by atoms with E-state index in [4.69, 9.17) is 0 Å². The molecule has 2 aromatic carbocycles. The zero-order chi connectivity index (χ0) is 16.7. The number of aldehydes is 1. The molecular formula is C20H26N2O. The van der Waals surface area contributed by atoms with Gasteiger partial charge in [0.2, 0.25) is 0 Å². The molecule has 0 aliphatic rings. The average molecular weight is 310 g/mol. The maximum Gasteiger partial charge on any atom is 0.142 e. The molecule has 0 amide bonds. The Morgan fingerprint density at radius 3 is 2.39 bits per heavy atom. The molecule has 3 nitrogen and oxygen atoms in total. The Balaban J connectivity index is 2.02. The monoisotopic (exact) mass is 310 g/mol. The molecule has 0 radical (unpaired) electrons. The zero-order valence-electron chi connectivity index (χ0n) is 14.2. The molecule has 0 aromatic heterocycles. The van der Waals surface area contributed by atoms with E-state index in [1.54, 1.807) is 0 Å². The highest BCUT2D eigenvalue weighted by Crippen LogP contribution is 2.18. The first-order valence-corrected chi connectivity index (χ1v) is 8.23. The number of rotatable bonds is 8. The molecule has 0 aliphatic carbocycles. The van der Waals surface area contributed by atoms with E-state index >= 15 is 0 Å². The number of hydrogen-bond acceptors (Lipinski definition) is 3. The number of carbonyl (C=O) groups excluding carboxylic acids is 1. The molecule has 2 N–H and O–H groups in total. The molecule has 2 rings (SSSR count). The molecule has 23 heavy (non-hydrogen) atoms. The van der Waals surface area contributed by atoms with Crippen LogP contribution in [0.15, 0.2) is 48.5 Å². The van der Waals surface area contributed by atoms with Crippen LogP contribution in [0.4, 0.5) is 11.4 Å². The van der Waals surface area contributed by atoms with Gasteiger partial charge in [-0.15, -0.1) is 0 Å². The maximum absolute atomic E-state index is 11.2. The van der Waals surface area contributed by atoms with Crippen molar-refractivity contribution in [3.63, 3.8) is 0 Å². The van der Waals surface area contributed by atoms with Crippen molar-refractivity contribution in [2.24, 2.45) is 5.92 Å². The van der Waals surface area contributed by atoms with Crippen LogP contribution in [0.5, 0.6) is 0 Å². The lowest BCUT2D eigenvalue weighted by Crippen LogP contribution is -2.28. The molecular weight excluding hydrogens is 284 g/mol. The van der Waals surface area contributed by atoms with Gasteiger partial charge in [-0.1, -0.05) is 44.5 Å². The fraction of sp³-hybridized carbons (Fsp3) is 0.350. The van der Waals surface area contributed by atoms with Gasteiger partial charge in [0.05, 0.1) is 6.04 Å². The topological polar surface area (TPSA) is 41.1 Å². The van der Waals surface area contributed by atoms with Crippen molar-refractivity contribution in [3.05, 3.63) is 59.7 Å². The summed E-state index contributed by atoms with van der Waals surface area (Å²) >= 11 is 0. The van der Waals surface area contributed by atoms with Gasteiger partial charge in [-0.3, -0.25) is 0 Å². The third kappa shape index (κ3) is 4.85. The number of benzene rings is 2. The van der Waals surface area contributed by atoms with Gasteiger partial charge in [0.25, 0.3) is 0 Å². The number of carbonyl (C=O) groups is 1. The van der Waals surface area contributed by atoms with E-state index in [2.05, 4.69) is 73.0 Å². The Morgan fingerprint density at radius 2 is 1.78 bits per heavy atom. The van der Waals surface area contributed by atoms with Crippen LogP contribution in [0.2, 0.25) is 0 Å². The summed E-state index contributed by atoms with van der Waals surface area (Å²) in [6, 6.07) is 16.6. The van der Waals surface area contributed by atoms with E-state index in [1.807, 2.05) is 7.05 Å². The van der Waals surface area contributed by atoms with E-state index in [9.17, 15) is 4.79 Å². The quantitative estimate of drug-likeness (QED) is 0.712. The van der Waals surface area contributed by atoms with E-state index in [0.717, 1.165) is 30.5 Å². The van der Waals surface area contributed by atoms with E-state index < -0.39 is 0 Å². The minimum atomic E-state index is -0.127. The van der Waals surface area contributed by atoms with Gasteiger partial charge in [0.15, 0.2) is 0 Å². The Bertz CT molecular complexity index is 622. The summed E-state index contributed by atoms with van der Waals surface area (Å²) in [6.45, 7) is 4.19. The lowest BCUT2D eigenvalue weighted by atomic mass is 10.00. The van der Waals surface area contributed by atoms with Crippen molar-refractivity contribution in [2.75, 3.05) is 17.7 Å². The van der Waals surface area contributed by atoms with Gasteiger partial charge in [-0.05, 0) is 47.7 Å². The summed E-state index contributed by atoms with van der Waals surface area (Å²) in [5.74, 6) is 0.330. The van der Waals surface area contributed by atoms with Crippen molar-refractivity contribution in [1.82, 2.24) is 0 Å². The molecule has 2 aromatic rings. The van der Waals surface area contributed by atoms with Crippen LogP contribution in [0.3, 0.4) is 0 Å². The minimum Gasteiger partial charge on any atom is -0.388 e.